The number of halogens is 2. The smallest absolute Gasteiger partial charge is 0.309 e. The van der Waals surface area contributed by atoms with Gasteiger partial charge < -0.3 is 5.11 Å². The van der Waals surface area contributed by atoms with Crippen LogP contribution in [0.2, 0.25) is 0 Å². The van der Waals surface area contributed by atoms with Crippen LogP contribution in [0.4, 0.5) is 4.39 Å². The van der Waals surface area contributed by atoms with Gasteiger partial charge in [-0.25, -0.2) is 12.8 Å². The molecule has 8 heteroatoms. The Kier molecular flexibility index (Phi) is 3.43. The van der Waals surface area contributed by atoms with Crippen molar-refractivity contribution in [2.75, 3.05) is 13.1 Å². The molecule has 0 bridgehead atoms. The molecule has 1 aliphatic heterocycles. The lowest BCUT2D eigenvalue weighted by atomic mass is 10.0. The third-order valence-corrected chi connectivity index (χ3v) is 5.20. The molecule has 0 unspecified atom stereocenters. The first-order valence-electron chi connectivity index (χ1n) is 5.00. The van der Waals surface area contributed by atoms with E-state index < -0.39 is 27.7 Å². The van der Waals surface area contributed by atoms with Crippen LogP contribution < -0.4 is 0 Å². The minimum atomic E-state index is -3.80. The second-order valence-electron chi connectivity index (χ2n) is 3.93. The van der Waals surface area contributed by atoms with E-state index in [1.54, 1.807) is 0 Å². The van der Waals surface area contributed by atoms with Crippen molar-refractivity contribution < 1.29 is 22.7 Å². The van der Waals surface area contributed by atoms with Crippen molar-refractivity contribution in [1.82, 2.24) is 4.31 Å². The second kappa shape index (κ2) is 4.60. The highest BCUT2D eigenvalue weighted by atomic mass is 79.9. The summed E-state index contributed by atoms with van der Waals surface area (Å²) in [5.41, 5.74) is 0. The zero-order valence-corrected chi connectivity index (χ0v) is 11.4. The number of nitrogens with zero attached hydrogens (tertiary/aromatic N) is 1. The van der Waals surface area contributed by atoms with Gasteiger partial charge in [0.1, 0.15) is 5.82 Å². The Morgan fingerprint density at radius 3 is 2.56 bits per heavy atom. The molecule has 0 aromatic heterocycles. The zero-order valence-electron chi connectivity index (χ0n) is 9.01. The number of hydrogen-bond donors (Lipinski definition) is 1. The molecule has 1 heterocycles. The maximum Gasteiger partial charge on any atom is 0.309 e. The molecule has 0 amide bonds. The van der Waals surface area contributed by atoms with Crippen LogP contribution in [-0.4, -0.2) is 36.9 Å². The Balaban J connectivity index is 2.22. The van der Waals surface area contributed by atoms with E-state index in [2.05, 4.69) is 15.9 Å². The van der Waals surface area contributed by atoms with Gasteiger partial charge in [-0.1, -0.05) is 0 Å². The van der Waals surface area contributed by atoms with Gasteiger partial charge in [0.2, 0.25) is 10.0 Å². The molecule has 1 N–H and O–H groups in total. The van der Waals surface area contributed by atoms with E-state index in [1.165, 1.54) is 12.1 Å². The van der Waals surface area contributed by atoms with Gasteiger partial charge in [0.05, 0.1) is 15.3 Å². The molecule has 0 atom stereocenters. The predicted octanol–water partition coefficient (Wildman–Crippen LogP) is 1.29. The number of hydrogen-bond acceptors (Lipinski definition) is 3. The molecule has 1 fully saturated rings. The molecule has 0 saturated carbocycles. The number of carbonyl (C=O) groups is 1. The van der Waals surface area contributed by atoms with Crippen LogP contribution in [0.15, 0.2) is 27.6 Å². The van der Waals surface area contributed by atoms with Gasteiger partial charge in [0.15, 0.2) is 0 Å². The van der Waals surface area contributed by atoms with Crippen molar-refractivity contribution >= 4 is 31.9 Å². The van der Waals surface area contributed by atoms with Crippen molar-refractivity contribution in [2.45, 2.75) is 4.90 Å². The summed E-state index contributed by atoms with van der Waals surface area (Å²) < 4.78 is 38.5. The fraction of sp³-hybridized carbons (Fsp3) is 0.300. The summed E-state index contributed by atoms with van der Waals surface area (Å²) in [6.07, 6.45) is 0. The molecular weight excluding hydrogens is 329 g/mol. The molecule has 18 heavy (non-hydrogen) atoms. The first-order valence-corrected chi connectivity index (χ1v) is 7.23. The zero-order chi connectivity index (χ0) is 13.5. The molecule has 1 saturated heterocycles. The topological polar surface area (TPSA) is 74.7 Å². The van der Waals surface area contributed by atoms with Gasteiger partial charge in [-0.2, -0.15) is 4.31 Å². The highest BCUT2D eigenvalue weighted by molar-refractivity contribution is 9.10. The summed E-state index contributed by atoms with van der Waals surface area (Å²) in [6, 6.07) is 3.49. The van der Waals surface area contributed by atoms with Crippen molar-refractivity contribution in [2.24, 2.45) is 5.92 Å². The minimum Gasteiger partial charge on any atom is -0.481 e. The number of aliphatic carboxylic acids is 1. The molecule has 0 spiro atoms. The largest absolute Gasteiger partial charge is 0.481 e. The van der Waals surface area contributed by atoms with Gasteiger partial charge in [0, 0.05) is 13.1 Å². The third kappa shape index (κ3) is 2.27. The molecule has 0 aliphatic carbocycles. The molecule has 1 aliphatic rings. The SMILES string of the molecule is O=C(O)C1CN(S(=O)(=O)c2ccc(Br)c(F)c2)C1. The highest BCUT2D eigenvalue weighted by Gasteiger charge is 2.40. The van der Waals surface area contributed by atoms with Gasteiger partial charge in [-0.15, -0.1) is 0 Å². The number of rotatable bonds is 3. The van der Waals surface area contributed by atoms with Crippen LogP contribution in [-0.2, 0) is 14.8 Å². The fourth-order valence-corrected chi connectivity index (χ4v) is 3.37. The molecule has 2 rings (SSSR count). The molecular formula is C10H9BrFNO4S. The molecule has 0 radical (unpaired) electrons. The summed E-state index contributed by atoms with van der Waals surface area (Å²) in [4.78, 5) is 10.4. The third-order valence-electron chi connectivity index (χ3n) is 2.73. The van der Waals surface area contributed by atoms with Crippen molar-refractivity contribution in [1.29, 1.82) is 0 Å². The van der Waals surface area contributed by atoms with E-state index >= 15 is 0 Å². The average molecular weight is 338 g/mol. The van der Waals surface area contributed by atoms with Crippen LogP contribution in [0.25, 0.3) is 0 Å². The highest BCUT2D eigenvalue weighted by Crippen LogP contribution is 2.27. The lowest BCUT2D eigenvalue weighted by Crippen LogP contribution is -2.52. The van der Waals surface area contributed by atoms with Gasteiger partial charge in [0.25, 0.3) is 0 Å². The van der Waals surface area contributed by atoms with E-state index in [9.17, 15) is 17.6 Å². The number of sulfonamides is 1. The van der Waals surface area contributed by atoms with Crippen LogP contribution in [0.5, 0.6) is 0 Å². The predicted molar refractivity (Wildman–Crippen MR) is 64.0 cm³/mol. The monoisotopic (exact) mass is 337 g/mol. The number of carboxylic acids is 1. The Labute approximate surface area is 111 Å². The summed E-state index contributed by atoms with van der Waals surface area (Å²) >= 11 is 2.93. The van der Waals surface area contributed by atoms with Crippen molar-refractivity contribution in [3.63, 3.8) is 0 Å². The Hall–Kier alpha value is -0.990. The second-order valence-corrected chi connectivity index (χ2v) is 6.73. The number of benzene rings is 1. The normalized spacial score (nSPS) is 17.4. The molecule has 5 nitrogen and oxygen atoms in total. The lowest BCUT2D eigenvalue weighted by Gasteiger charge is -2.35. The maximum atomic E-state index is 13.3. The summed E-state index contributed by atoms with van der Waals surface area (Å²) in [5, 5.41) is 8.68. The van der Waals surface area contributed by atoms with Crippen molar-refractivity contribution in [3.05, 3.63) is 28.5 Å². The van der Waals surface area contributed by atoms with Crippen LogP contribution >= 0.6 is 15.9 Å². The Morgan fingerprint density at radius 2 is 2.06 bits per heavy atom. The molecule has 1 aromatic rings. The van der Waals surface area contributed by atoms with Gasteiger partial charge in [-0.3, -0.25) is 4.79 Å². The van der Waals surface area contributed by atoms with E-state index in [1.807, 2.05) is 0 Å². The van der Waals surface area contributed by atoms with E-state index in [0.717, 1.165) is 10.4 Å². The Bertz CT molecular complexity index is 598. The fourth-order valence-electron chi connectivity index (χ4n) is 1.58. The van der Waals surface area contributed by atoms with E-state index in [-0.39, 0.29) is 22.5 Å². The first-order chi connectivity index (χ1) is 8.32. The average Bonchev–Trinajstić information content (AvgIpc) is 2.18. The molecule has 98 valence electrons. The van der Waals surface area contributed by atoms with Gasteiger partial charge in [-0.05, 0) is 34.1 Å². The van der Waals surface area contributed by atoms with Crippen LogP contribution in [0.3, 0.4) is 0 Å². The lowest BCUT2D eigenvalue weighted by molar-refractivity contribution is -0.145. The Morgan fingerprint density at radius 1 is 1.44 bits per heavy atom. The van der Waals surface area contributed by atoms with Crippen molar-refractivity contribution in [3.8, 4) is 0 Å². The first kappa shape index (κ1) is 13.4. The number of carboxylic acid groups (broad SMARTS) is 1. The minimum absolute atomic E-state index is 0.0741. The van der Waals surface area contributed by atoms with E-state index in [0.29, 0.717) is 0 Å². The summed E-state index contributed by atoms with van der Waals surface area (Å²) in [5.74, 6) is -2.38. The van der Waals surface area contributed by atoms with Crippen LogP contribution in [0, 0.1) is 11.7 Å². The van der Waals surface area contributed by atoms with E-state index in [4.69, 9.17) is 5.11 Å². The summed E-state index contributed by atoms with van der Waals surface area (Å²) in [7, 11) is -3.80. The van der Waals surface area contributed by atoms with Gasteiger partial charge >= 0.3 is 5.97 Å². The quantitative estimate of drug-likeness (QED) is 0.901. The van der Waals surface area contributed by atoms with Crippen LogP contribution in [0.1, 0.15) is 0 Å². The summed E-state index contributed by atoms with van der Waals surface area (Å²) in [6.45, 7) is -0.148. The molecule has 1 aromatic carbocycles. The standard InChI is InChI=1S/C10H9BrFNO4S/c11-8-2-1-7(3-9(8)12)18(16,17)13-4-6(5-13)10(14)15/h1-3,6H,4-5H2,(H,14,15). The maximum absolute atomic E-state index is 13.3.